The van der Waals surface area contributed by atoms with Gasteiger partial charge in [-0.15, -0.1) is 6.42 Å². The summed E-state index contributed by atoms with van der Waals surface area (Å²) in [6.07, 6.45) is 8.51. The van der Waals surface area contributed by atoms with E-state index in [1.54, 1.807) is 6.08 Å². The van der Waals surface area contributed by atoms with E-state index in [1.165, 1.54) is 0 Å². The summed E-state index contributed by atoms with van der Waals surface area (Å²) < 4.78 is 0. The first-order valence-electron chi connectivity index (χ1n) is 2.62. The molecule has 1 unspecified atom stereocenters. The zero-order chi connectivity index (χ0) is 6.41. The summed E-state index contributed by atoms with van der Waals surface area (Å²) in [4.78, 5) is 0. The average molecular weight is 110 g/mol. The largest absolute Gasteiger partial charge is 0.377 e. The third-order valence-electron chi connectivity index (χ3n) is 0.725. The molecule has 0 rings (SSSR count). The summed E-state index contributed by atoms with van der Waals surface area (Å²) in [6, 6.07) is 0. The van der Waals surface area contributed by atoms with Crippen molar-refractivity contribution in [1.29, 1.82) is 0 Å². The highest BCUT2D eigenvalue weighted by Gasteiger charge is 1.84. The maximum absolute atomic E-state index is 8.67. The van der Waals surface area contributed by atoms with Gasteiger partial charge in [0.15, 0.2) is 0 Å². The minimum absolute atomic E-state index is 0.699. The van der Waals surface area contributed by atoms with Gasteiger partial charge in [-0.1, -0.05) is 18.9 Å². The van der Waals surface area contributed by atoms with E-state index in [0.29, 0.717) is 0 Å². The molecule has 0 spiro atoms. The number of hydrogen-bond acceptors (Lipinski definition) is 1. The molecule has 0 aromatic carbocycles. The van der Waals surface area contributed by atoms with Crippen molar-refractivity contribution in [2.45, 2.75) is 19.4 Å². The first-order valence-corrected chi connectivity index (χ1v) is 2.62. The lowest BCUT2D eigenvalue weighted by Gasteiger charge is -1.88. The highest BCUT2D eigenvalue weighted by molar-refractivity contribution is 5.05. The SMILES string of the molecule is C#CC(O)C=CCC. The molecule has 1 atom stereocenters. The maximum atomic E-state index is 8.67. The molecule has 8 heavy (non-hydrogen) atoms. The second-order valence-corrected chi connectivity index (χ2v) is 1.45. The number of hydrogen-bond donors (Lipinski definition) is 1. The molecule has 0 radical (unpaired) electrons. The minimum atomic E-state index is -0.699. The van der Waals surface area contributed by atoms with Gasteiger partial charge in [-0.05, 0) is 12.5 Å². The van der Waals surface area contributed by atoms with Crippen molar-refractivity contribution in [2.75, 3.05) is 0 Å². The summed E-state index contributed by atoms with van der Waals surface area (Å²) >= 11 is 0. The van der Waals surface area contributed by atoms with Crippen LogP contribution in [-0.2, 0) is 0 Å². The van der Waals surface area contributed by atoms with Gasteiger partial charge in [-0.3, -0.25) is 0 Å². The Labute approximate surface area is 50.0 Å². The molecule has 0 heterocycles. The minimum Gasteiger partial charge on any atom is -0.377 e. The van der Waals surface area contributed by atoms with Crippen molar-refractivity contribution in [3.8, 4) is 12.3 Å². The van der Waals surface area contributed by atoms with E-state index >= 15 is 0 Å². The lowest BCUT2D eigenvalue weighted by Crippen LogP contribution is -1.94. The Morgan fingerprint density at radius 3 is 2.88 bits per heavy atom. The van der Waals surface area contributed by atoms with E-state index in [9.17, 15) is 0 Å². The van der Waals surface area contributed by atoms with Crippen molar-refractivity contribution in [1.82, 2.24) is 0 Å². The maximum Gasteiger partial charge on any atom is 0.133 e. The molecule has 0 aliphatic heterocycles. The number of terminal acetylenes is 1. The molecule has 0 saturated heterocycles. The van der Waals surface area contributed by atoms with Crippen LogP contribution >= 0.6 is 0 Å². The van der Waals surface area contributed by atoms with Crippen LogP contribution in [0.5, 0.6) is 0 Å². The molecule has 0 amide bonds. The topological polar surface area (TPSA) is 20.2 Å². The second-order valence-electron chi connectivity index (χ2n) is 1.45. The molecule has 0 fully saturated rings. The van der Waals surface area contributed by atoms with Crippen molar-refractivity contribution in [2.24, 2.45) is 0 Å². The molecule has 0 bridgehead atoms. The molecule has 1 nitrogen and oxygen atoms in total. The summed E-state index contributed by atoms with van der Waals surface area (Å²) in [6.45, 7) is 1.99. The smallest absolute Gasteiger partial charge is 0.133 e. The number of aliphatic hydroxyl groups excluding tert-OH is 1. The van der Waals surface area contributed by atoms with Crippen molar-refractivity contribution >= 4 is 0 Å². The highest BCUT2D eigenvalue weighted by Crippen LogP contribution is 1.84. The van der Waals surface area contributed by atoms with E-state index in [0.717, 1.165) is 6.42 Å². The Balaban J connectivity index is 3.40. The zero-order valence-electron chi connectivity index (χ0n) is 4.96. The van der Waals surface area contributed by atoms with Gasteiger partial charge >= 0.3 is 0 Å². The number of allylic oxidation sites excluding steroid dienone is 1. The van der Waals surface area contributed by atoms with Gasteiger partial charge in [-0.25, -0.2) is 0 Å². The Hall–Kier alpha value is -0.740. The summed E-state index contributed by atoms with van der Waals surface area (Å²) in [5.74, 6) is 2.17. The van der Waals surface area contributed by atoms with Crippen LogP contribution in [0.4, 0.5) is 0 Å². The molecule has 1 N–H and O–H groups in total. The van der Waals surface area contributed by atoms with Gasteiger partial charge in [0.05, 0.1) is 0 Å². The van der Waals surface area contributed by atoms with Crippen molar-refractivity contribution in [3.63, 3.8) is 0 Å². The monoisotopic (exact) mass is 110 g/mol. The van der Waals surface area contributed by atoms with E-state index in [1.807, 2.05) is 13.0 Å². The highest BCUT2D eigenvalue weighted by atomic mass is 16.3. The Morgan fingerprint density at radius 2 is 2.50 bits per heavy atom. The van der Waals surface area contributed by atoms with Crippen LogP contribution in [0.2, 0.25) is 0 Å². The van der Waals surface area contributed by atoms with Crippen LogP contribution in [-0.4, -0.2) is 11.2 Å². The van der Waals surface area contributed by atoms with E-state index in [4.69, 9.17) is 11.5 Å². The first-order chi connectivity index (χ1) is 3.81. The molecule has 0 aromatic heterocycles. The fraction of sp³-hybridized carbons (Fsp3) is 0.429. The quantitative estimate of drug-likeness (QED) is 0.414. The normalized spacial score (nSPS) is 13.6. The summed E-state index contributed by atoms with van der Waals surface area (Å²) in [5.41, 5.74) is 0. The van der Waals surface area contributed by atoms with Crippen LogP contribution in [0.15, 0.2) is 12.2 Å². The second kappa shape index (κ2) is 4.42. The molecule has 1 heteroatoms. The van der Waals surface area contributed by atoms with Gasteiger partial charge in [0.2, 0.25) is 0 Å². The van der Waals surface area contributed by atoms with Gasteiger partial charge < -0.3 is 5.11 Å². The van der Waals surface area contributed by atoms with Crippen LogP contribution in [0, 0.1) is 12.3 Å². The molecule has 0 aliphatic carbocycles. The fourth-order valence-electron chi connectivity index (χ4n) is 0.321. The number of rotatable bonds is 2. The standard InChI is InChI=1S/C7H10O/c1-3-5-6-7(8)4-2/h2,5-8H,3H2,1H3. The molecule has 0 saturated carbocycles. The van der Waals surface area contributed by atoms with Crippen LogP contribution in [0.1, 0.15) is 13.3 Å². The van der Waals surface area contributed by atoms with E-state index in [2.05, 4.69) is 5.92 Å². The van der Waals surface area contributed by atoms with Crippen molar-refractivity contribution < 1.29 is 5.11 Å². The zero-order valence-corrected chi connectivity index (χ0v) is 4.96. The molecule has 44 valence electrons. The van der Waals surface area contributed by atoms with Gasteiger partial charge in [0.25, 0.3) is 0 Å². The van der Waals surface area contributed by atoms with Gasteiger partial charge in [0, 0.05) is 0 Å². The molecular formula is C7H10O. The summed E-state index contributed by atoms with van der Waals surface area (Å²) in [5, 5.41) is 8.67. The lowest BCUT2D eigenvalue weighted by atomic mass is 10.3. The lowest BCUT2D eigenvalue weighted by molar-refractivity contribution is 0.280. The van der Waals surface area contributed by atoms with E-state index in [-0.39, 0.29) is 0 Å². The predicted molar refractivity (Wildman–Crippen MR) is 34.3 cm³/mol. The number of aliphatic hydroxyl groups is 1. The van der Waals surface area contributed by atoms with Crippen LogP contribution in [0.3, 0.4) is 0 Å². The fourth-order valence-corrected chi connectivity index (χ4v) is 0.321. The summed E-state index contributed by atoms with van der Waals surface area (Å²) in [7, 11) is 0. The van der Waals surface area contributed by atoms with E-state index < -0.39 is 6.10 Å². The predicted octanol–water partition coefficient (Wildman–Crippen LogP) is 0.947. The van der Waals surface area contributed by atoms with Crippen LogP contribution in [0.25, 0.3) is 0 Å². The van der Waals surface area contributed by atoms with Gasteiger partial charge in [0.1, 0.15) is 6.10 Å². The van der Waals surface area contributed by atoms with Gasteiger partial charge in [-0.2, -0.15) is 0 Å². The Bertz CT molecular complexity index is 108. The average Bonchev–Trinajstić information content (AvgIpc) is 1.83. The molecule has 0 aromatic rings. The third-order valence-corrected chi connectivity index (χ3v) is 0.725. The Morgan fingerprint density at radius 1 is 1.88 bits per heavy atom. The Kier molecular flexibility index (Phi) is 4.01. The first kappa shape index (κ1) is 7.26. The van der Waals surface area contributed by atoms with Crippen LogP contribution < -0.4 is 0 Å². The third kappa shape index (κ3) is 3.45. The molecular weight excluding hydrogens is 100 g/mol. The van der Waals surface area contributed by atoms with Crippen molar-refractivity contribution in [3.05, 3.63) is 12.2 Å². The molecule has 0 aliphatic rings.